The Kier molecular flexibility index (Phi) is 4.66. The molecular weight excluding hydrogens is 222 g/mol. The van der Waals surface area contributed by atoms with Crippen LogP contribution in [-0.2, 0) is 4.79 Å². The molecule has 2 nitrogen and oxygen atoms in total. The molecule has 3 heteroatoms. The minimum Gasteiger partial charge on any atom is -0.350 e. The molecule has 94 valence electrons. The highest BCUT2D eigenvalue weighted by atomic mass is 35.5. The fraction of sp³-hybridized carbons (Fsp3) is 0.923. The topological polar surface area (TPSA) is 29.1 Å². The van der Waals surface area contributed by atoms with Crippen LogP contribution in [0.25, 0.3) is 0 Å². The van der Waals surface area contributed by atoms with Crippen molar-refractivity contribution in [2.45, 2.75) is 64.3 Å². The lowest BCUT2D eigenvalue weighted by Crippen LogP contribution is -2.46. The van der Waals surface area contributed by atoms with E-state index in [1.54, 1.807) is 0 Å². The van der Waals surface area contributed by atoms with E-state index in [9.17, 15) is 4.79 Å². The lowest BCUT2D eigenvalue weighted by molar-refractivity contribution is -0.123. The van der Waals surface area contributed by atoms with Gasteiger partial charge in [-0.25, -0.2) is 0 Å². The number of alkyl halides is 1. The summed E-state index contributed by atoms with van der Waals surface area (Å²) in [5.74, 6) is 1.06. The molecule has 0 saturated heterocycles. The number of amides is 1. The Morgan fingerprint density at radius 3 is 2.50 bits per heavy atom. The molecule has 1 fully saturated rings. The van der Waals surface area contributed by atoms with Gasteiger partial charge in [-0.15, -0.1) is 11.6 Å². The van der Waals surface area contributed by atoms with Crippen molar-refractivity contribution in [1.29, 1.82) is 0 Å². The molecule has 16 heavy (non-hydrogen) atoms. The van der Waals surface area contributed by atoms with Gasteiger partial charge in [-0.05, 0) is 45.4 Å². The van der Waals surface area contributed by atoms with Crippen LogP contribution >= 0.6 is 11.6 Å². The van der Waals surface area contributed by atoms with Crippen LogP contribution in [0, 0.1) is 11.8 Å². The van der Waals surface area contributed by atoms with Crippen molar-refractivity contribution in [2.75, 3.05) is 0 Å². The predicted molar refractivity (Wildman–Crippen MR) is 68.7 cm³/mol. The second kappa shape index (κ2) is 5.39. The third-order valence-electron chi connectivity index (χ3n) is 3.14. The van der Waals surface area contributed by atoms with Crippen LogP contribution in [0.4, 0.5) is 0 Å². The number of halogens is 1. The molecule has 1 aliphatic rings. The second-order valence-corrected chi connectivity index (χ2v) is 6.64. The standard InChI is InChI=1S/C13H24ClNO/c1-9-6-5-7-10(8-9)11(14)12(16)15-13(2,3)4/h9-11H,5-8H2,1-4H3,(H,15,16). The molecule has 1 N–H and O–H groups in total. The van der Waals surface area contributed by atoms with Crippen LogP contribution in [0.3, 0.4) is 0 Å². The van der Waals surface area contributed by atoms with E-state index >= 15 is 0 Å². The molecule has 0 aromatic rings. The highest BCUT2D eigenvalue weighted by molar-refractivity contribution is 6.31. The monoisotopic (exact) mass is 245 g/mol. The summed E-state index contributed by atoms with van der Waals surface area (Å²) < 4.78 is 0. The molecular formula is C13H24ClNO. The van der Waals surface area contributed by atoms with Crippen molar-refractivity contribution in [1.82, 2.24) is 5.32 Å². The van der Waals surface area contributed by atoms with Crippen molar-refractivity contribution in [3.8, 4) is 0 Å². The van der Waals surface area contributed by atoms with Crippen molar-refractivity contribution >= 4 is 17.5 Å². The maximum absolute atomic E-state index is 11.9. The molecule has 0 spiro atoms. The quantitative estimate of drug-likeness (QED) is 0.743. The Hall–Kier alpha value is -0.240. The normalized spacial score (nSPS) is 28.6. The summed E-state index contributed by atoms with van der Waals surface area (Å²) in [6, 6.07) is 0. The smallest absolute Gasteiger partial charge is 0.238 e. The Bertz CT molecular complexity index is 247. The van der Waals surface area contributed by atoms with Crippen LogP contribution in [0.15, 0.2) is 0 Å². The third-order valence-corrected chi connectivity index (χ3v) is 3.69. The van der Waals surface area contributed by atoms with E-state index in [1.165, 1.54) is 12.8 Å². The second-order valence-electron chi connectivity index (χ2n) is 6.17. The van der Waals surface area contributed by atoms with Crippen LogP contribution in [0.1, 0.15) is 53.4 Å². The zero-order valence-corrected chi connectivity index (χ0v) is 11.6. The van der Waals surface area contributed by atoms with Gasteiger partial charge in [0.05, 0.1) is 0 Å². The maximum Gasteiger partial charge on any atom is 0.238 e. The van der Waals surface area contributed by atoms with Gasteiger partial charge >= 0.3 is 0 Å². The summed E-state index contributed by atoms with van der Waals surface area (Å²) in [6.07, 6.45) is 4.67. The van der Waals surface area contributed by atoms with E-state index in [4.69, 9.17) is 11.6 Å². The molecule has 3 unspecified atom stereocenters. The van der Waals surface area contributed by atoms with Gasteiger partial charge in [-0.3, -0.25) is 4.79 Å². The molecule has 0 radical (unpaired) electrons. The average molecular weight is 246 g/mol. The van der Waals surface area contributed by atoms with Gasteiger partial charge in [0.2, 0.25) is 5.91 Å². The van der Waals surface area contributed by atoms with Crippen LogP contribution in [0.5, 0.6) is 0 Å². The van der Waals surface area contributed by atoms with E-state index in [0.29, 0.717) is 11.8 Å². The number of carbonyl (C=O) groups is 1. The Labute approximate surface area is 104 Å². The minimum absolute atomic E-state index is 0.00623. The highest BCUT2D eigenvalue weighted by Gasteiger charge is 2.31. The molecule has 1 amide bonds. The van der Waals surface area contributed by atoms with E-state index in [2.05, 4.69) is 12.2 Å². The molecule has 1 aliphatic carbocycles. The summed E-state index contributed by atoms with van der Waals surface area (Å²) in [5, 5.41) is 2.60. The zero-order valence-electron chi connectivity index (χ0n) is 10.8. The van der Waals surface area contributed by atoms with Crippen molar-refractivity contribution in [3.05, 3.63) is 0 Å². The van der Waals surface area contributed by atoms with Crippen molar-refractivity contribution in [2.24, 2.45) is 11.8 Å². The molecule has 0 aromatic carbocycles. The van der Waals surface area contributed by atoms with Crippen molar-refractivity contribution < 1.29 is 4.79 Å². The molecule has 0 aliphatic heterocycles. The SMILES string of the molecule is CC1CCCC(C(Cl)C(=O)NC(C)(C)C)C1. The van der Waals surface area contributed by atoms with E-state index in [1.807, 2.05) is 20.8 Å². The van der Waals surface area contributed by atoms with Gasteiger partial charge in [0.1, 0.15) is 5.38 Å². The third kappa shape index (κ3) is 4.32. The zero-order chi connectivity index (χ0) is 12.3. The molecule has 1 rings (SSSR count). The minimum atomic E-state index is -0.359. The van der Waals surface area contributed by atoms with E-state index < -0.39 is 0 Å². The first-order valence-corrected chi connectivity index (χ1v) is 6.69. The lowest BCUT2D eigenvalue weighted by Gasteiger charge is -2.31. The van der Waals surface area contributed by atoms with Gasteiger partial charge in [-0.2, -0.15) is 0 Å². The van der Waals surface area contributed by atoms with Gasteiger partial charge in [0.15, 0.2) is 0 Å². The number of carbonyl (C=O) groups excluding carboxylic acids is 1. The largest absolute Gasteiger partial charge is 0.350 e. The summed E-state index contributed by atoms with van der Waals surface area (Å²) in [4.78, 5) is 11.9. The Balaban J connectivity index is 2.49. The van der Waals surface area contributed by atoms with E-state index in [0.717, 1.165) is 12.8 Å². The first-order valence-electron chi connectivity index (χ1n) is 6.25. The van der Waals surface area contributed by atoms with Gasteiger partial charge in [-0.1, -0.05) is 19.8 Å². The summed E-state index contributed by atoms with van der Waals surface area (Å²) >= 11 is 6.27. The molecule has 0 bridgehead atoms. The van der Waals surface area contributed by atoms with E-state index in [-0.39, 0.29) is 16.8 Å². The van der Waals surface area contributed by atoms with Gasteiger partial charge in [0, 0.05) is 5.54 Å². The highest BCUT2D eigenvalue weighted by Crippen LogP contribution is 2.33. The van der Waals surface area contributed by atoms with Crippen molar-refractivity contribution in [3.63, 3.8) is 0 Å². The van der Waals surface area contributed by atoms with Gasteiger partial charge in [0.25, 0.3) is 0 Å². The fourth-order valence-corrected chi connectivity index (χ4v) is 2.68. The molecule has 0 heterocycles. The molecule has 3 atom stereocenters. The summed E-state index contributed by atoms with van der Waals surface area (Å²) in [7, 11) is 0. The fourth-order valence-electron chi connectivity index (χ4n) is 2.40. The first-order chi connectivity index (χ1) is 7.29. The lowest BCUT2D eigenvalue weighted by atomic mass is 9.80. The van der Waals surface area contributed by atoms with Crippen LogP contribution < -0.4 is 5.32 Å². The number of hydrogen-bond acceptors (Lipinski definition) is 1. The van der Waals surface area contributed by atoms with Crippen LogP contribution in [0.2, 0.25) is 0 Å². The first kappa shape index (κ1) is 13.8. The number of nitrogens with one attached hydrogen (secondary N) is 1. The summed E-state index contributed by atoms with van der Waals surface area (Å²) in [6.45, 7) is 8.20. The Morgan fingerprint density at radius 2 is 2.00 bits per heavy atom. The predicted octanol–water partition coefficient (Wildman–Crippen LogP) is 3.33. The summed E-state index contributed by atoms with van der Waals surface area (Å²) in [5.41, 5.74) is -0.190. The Morgan fingerprint density at radius 1 is 1.38 bits per heavy atom. The maximum atomic E-state index is 11.9. The number of rotatable bonds is 2. The van der Waals surface area contributed by atoms with Crippen LogP contribution in [-0.4, -0.2) is 16.8 Å². The number of hydrogen-bond donors (Lipinski definition) is 1. The molecule has 0 aromatic heterocycles. The van der Waals surface area contributed by atoms with Gasteiger partial charge < -0.3 is 5.32 Å². The average Bonchev–Trinajstić information content (AvgIpc) is 2.14. The molecule has 1 saturated carbocycles.